The molecule has 0 fully saturated rings. The lowest BCUT2D eigenvalue weighted by molar-refractivity contribution is -0.121. The number of aromatic nitrogens is 1. The van der Waals surface area contributed by atoms with Crippen molar-refractivity contribution in [2.45, 2.75) is 23.7 Å². The van der Waals surface area contributed by atoms with Gasteiger partial charge in [-0.05, 0) is 36.3 Å². The Morgan fingerprint density at radius 3 is 2.67 bits per heavy atom. The maximum atomic E-state index is 11.9. The minimum absolute atomic E-state index is 0.0799. The number of nitrogens with zero attached hydrogens (tertiary/aromatic N) is 1. The average molecular weight is 417 g/mol. The third-order valence-electron chi connectivity index (χ3n) is 3.66. The second-order valence-electron chi connectivity index (χ2n) is 5.74. The van der Waals surface area contributed by atoms with Gasteiger partial charge in [0.25, 0.3) is 0 Å². The van der Waals surface area contributed by atoms with Crippen LogP contribution in [0.25, 0.3) is 10.2 Å². The van der Waals surface area contributed by atoms with Gasteiger partial charge in [-0.1, -0.05) is 54.2 Å². The summed E-state index contributed by atoms with van der Waals surface area (Å²) < 4.78 is 2.24. The second kappa shape index (κ2) is 10.2. The molecule has 2 aromatic carbocycles. The van der Waals surface area contributed by atoms with Crippen molar-refractivity contribution in [3.63, 3.8) is 0 Å². The summed E-state index contributed by atoms with van der Waals surface area (Å²) >= 11 is 8.53. The van der Waals surface area contributed by atoms with Crippen LogP contribution in [0, 0.1) is 0 Å². The van der Waals surface area contributed by atoms with Gasteiger partial charge in [0.2, 0.25) is 5.91 Å². The largest absolute Gasteiger partial charge is 0.357 e. The molecule has 3 rings (SSSR count). The molecular formula is C19H20N4OS3. The van der Waals surface area contributed by atoms with Crippen LogP contribution in [0.3, 0.4) is 0 Å². The number of carbonyl (C=O) groups excluding carboxylic acids is 1. The maximum absolute atomic E-state index is 11.9. The average Bonchev–Trinajstić information content (AvgIpc) is 3.12. The first-order chi connectivity index (χ1) is 13.2. The minimum atomic E-state index is -0.0799. The van der Waals surface area contributed by atoms with Crippen LogP contribution in [0.2, 0.25) is 0 Å². The highest BCUT2D eigenvalue weighted by molar-refractivity contribution is 8.01. The topological polar surface area (TPSA) is 66.0 Å². The lowest BCUT2D eigenvalue weighted by atomic mass is 10.2. The van der Waals surface area contributed by atoms with E-state index in [9.17, 15) is 4.79 Å². The molecule has 0 bridgehead atoms. The number of thiazole rings is 1. The molecule has 0 unspecified atom stereocenters. The highest BCUT2D eigenvalue weighted by atomic mass is 32.2. The number of amides is 1. The molecule has 0 aliphatic rings. The Labute approximate surface area is 171 Å². The molecule has 0 radical (unpaired) electrons. The zero-order chi connectivity index (χ0) is 18.9. The van der Waals surface area contributed by atoms with Gasteiger partial charge in [0.1, 0.15) is 0 Å². The predicted molar refractivity (Wildman–Crippen MR) is 117 cm³/mol. The van der Waals surface area contributed by atoms with Gasteiger partial charge < -0.3 is 5.32 Å². The van der Waals surface area contributed by atoms with Gasteiger partial charge in [-0.2, -0.15) is 0 Å². The van der Waals surface area contributed by atoms with Crippen LogP contribution in [-0.2, 0) is 11.3 Å². The highest BCUT2D eigenvalue weighted by Gasteiger charge is 2.06. The van der Waals surface area contributed by atoms with Crippen LogP contribution in [-0.4, -0.2) is 21.8 Å². The van der Waals surface area contributed by atoms with Crippen molar-refractivity contribution in [1.82, 2.24) is 21.2 Å². The molecule has 0 atom stereocenters. The number of fused-ring (bicyclic) bond motifs is 1. The Morgan fingerprint density at radius 1 is 1.07 bits per heavy atom. The highest BCUT2D eigenvalue weighted by Crippen LogP contribution is 2.29. The van der Waals surface area contributed by atoms with Crippen LogP contribution >= 0.6 is 35.3 Å². The number of hydrogen-bond acceptors (Lipinski definition) is 5. The molecule has 1 amide bonds. The van der Waals surface area contributed by atoms with Crippen molar-refractivity contribution in [2.24, 2.45) is 0 Å². The summed E-state index contributed by atoms with van der Waals surface area (Å²) in [4.78, 5) is 16.5. The number of hydrogen-bond donors (Lipinski definition) is 3. The van der Waals surface area contributed by atoms with Crippen molar-refractivity contribution in [1.29, 1.82) is 0 Å². The molecule has 3 aromatic rings. The van der Waals surface area contributed by atoms with Gasteiger partial charge in [-0.15, -0.1) is 11.3 Å². The van der Waals surface area contributed by atoms with Crippen LogP contribution in [0.5, 0.6) is 0 Å². The molecule has 0 saturated carbocycles. The molecule has 0 aliphatic heterocycles. The second-order valence-corrected chi connectivity index (χ2v) is 8.52. The summed E-state index contributed by atoms with van der Waals surface area (Å²) in [5, 5.41) is 3.45. The number of para-hydroxylation sites is 1. The van der Waals surface area contributed by atoms with Gasteiger partial charge >= 0.3 is 0 Å². The zero-order valence-electron chi connectivity index (χ0n) is 14.6. The Bertz CT molecular complexity index is 865. The summed E-state index contributed by atoms with van der Waals surface area (Å²) in [7, 11) is 0. The number of nitrogens with one attached hydrogen (secondary N) is 3. The van der Waals surface area contributed by atoms with E-state index in [0.29, 0.717) is 18.1 Å². The zero-order valence-corrected chi connectivity index (χ0v) is 17.1. The number of carbonyl (C=O) groups is 1. The standard InChI is InChI=1S/C19H20N4OS3/c24-17(22-23-18(25)20-13-14-7-2-1-3-8-14)11-6-12-26-19-21-15-9-4-5-10-16(15)27-19/h1-5,7-10H,6,11-13H2,(H,22,24)(H2,20,23,25). The van der Waals surface area contributed by atoms with E-state index < -0.39 is 0 Å². The third kappa shape index (κ3) is 6.50. The van der Waals surface area contributed by atoms with Gasteiger partial charge in [0, 0.05) is 18.7 Å². The van der Waals surface area contributed by atoms with Crippen molar-refractivity contribution in [2.75, 3.05) is 5.75 Å². The van der Waals surface area contributed by atoms with Crippen molar-refractivity contribution in [3.05, 3.63) is 60.2 Å². The maximum Gasteiger partial charge on any atom is 0.238 e. The SMILES string of the molecule is O=C(CCCSc1nc2ccccc2s1)NNC(=S)NCc1ccccc1. The molecule has 27 heavy (non-hydrogen) atoms. The first kappa shape index (κ1) is 19.6. The number of thioether (sulfide) groups is 1. The van der Waals surface area contributed by atoms with Crippen LogP contribution in [0.1, 0.15) is 18.4 Å². The van der Waals surface area contributed by atoms with Gasteiger partial charge in [0.05, 0.1) is 10.2 Å². The minimum Gasteiger partial charge on any atom is -0.357 e. The van der Waals surface area contributed by atoms with E-state index >= 15 is 0 Å². The third-order valence-corrected chi connectivity index (χ3v) is 6.17. The fourth-order valence-electron chi connectivity index (χ4n) is 2.32. The molecule has 0 spiro atoms. The van der Waals surface area contributed by atoms with E-state index in [-0.39, 0.29) is 5.91 Å². The van der Waals surface area contributed by atoms with Crippen molar-refractivity contribution < 1.29 is 4.79 Å². The summed E-state index contributed by atoms with van der Waals surface area (Å²) in [5.41, 5.74) is 7.51. The monoisotopic (exact) mass is 416 g/mol. The lowest BCUT2D eigenvalue weighted by Gasteiger charge is -2.11. The van der Waals surface area contributed by atoms with E-state index in [2.05, 4.69) is 27.2 Å². The molecule has 3 N–H and O–H groups in total. The predicted octanol–water partition coefficient (Wildman–Crippen LogP) is 3.86. The molecule has 8 heteroatoms. The van der Waals surface area contributed by atoms with Crippen LogP contribution < -0.4 is 16.2 Å². The lowest BCUT2D eigenvalue weighted by Crippen LogP contribution is -2.46. The number of hydrazine groups is 1. The van der Waals surface area contributed by atoms with Crippen LogP contribution in [0.15, 0.2) is 58.9 Å². The van der Waals surface area contributed by atoms with E-state index in [1.165, 1.54) is 4.70 Å². The Hall–Kier alpha value is -2.16. The fraction of sp³-hybridized carbons (Fsp3) is 0.211. The summed E-state index contributed by atoms with van der Waals surface area (Å²) in [6.07, 6.45) is 1.21. The van der Waals surface area contributed by atoms with E-state index in [0.717, 1.165) is 27.6 Å². The van der Waals surface area contributed by atoms with Crippen molar-refractivity contribution in [3.8, 4) is 0 Å². The fourth-order valence-corrected chi connectivity index (χ4v) is 4.52. The van der Waals surface area contributed by atoms with Gasteiger partial charge in [-0.3, -0.25) is 15.6 Å². The van der Waals surface area contributed by atoms with Crippen LogP contribution in [0.4, 0.5) is 0 Å². The number of benzene rings is 2. The Balaban J connectivity index is 1.28. The molecule has 0 aliphatic carbocycles. The molecule has 1 aromatic heterocycles. The van der Waals surface area contributed by atoms with Crippen molar-refractivity contribution >= 4 is 56.6 Å². The first-order valence-electron chi connectivity index (χ1n) is 8.56. The van der Waals surface area contributed by atoms with E-state index in [1.54, 1.807) is 23.1 Å². The molecule has 140 valence electrons. The first-order valence-corrected chi connectivity index (χ1v) is 10.8. The van der Waals surface area contributed by atoms with E-state index in [4.69, 9.17) is 12.2 Å². The molecule has 5 nitrogen and oxygen atoms in total. The Morgan fingerprint density at radius 2 is 1.85 bits per heavy atom. The van der Waals surface area contributed by atoms with Gasteiger partial charge in [0.15, 0.2) is 9.45 Å². The smallest absolute Gasteiger partial charge is 0.238 e. The van der Waals surface area contributed by atoms with E-state index in [1.807, 2.05) is 48.5 Å². The summed E-state index contributed by atoms with van der Waals surface area (Å²) in [6, 6.07) is 18.0. The summed E-state index contributed by atoms with van der Waals surface area (Å²) in [5.74, 6) is 0.771. The molecule has 1 heterocycles. The normalized spacial score (nSPS) is 10.5. The number of rotatable bonds is 7. The molecular weight excluding hydrogens is 396 g/mol. The molecule has 0 saturated heterocycles. The number of thiocarbonyl (C=S) groups is 1. The summed E-state index contributed by atoms with van der Waals surface area (Å²) in [6.45, 7) is 0.612. The Kier molecular flexibility index (Phi) is 7.44. The quantitative estimate of drug-likeness (QED) is 0.235. The van der Waals surface area contributed by atoms with Gasteiger partial charge in [-0.25, -0.2) is 4.98 Å².